The summed E-state index contributed by atoms with van der Waals surface area (Å²) in [5.74, 6) is 1.25. The molecule has 0 aliphatic carbocycles. The van der Waals surface area contributed by atoms with Gasteiger partial charge >= 0.3 is 5.97 Å². The topological polar surface area (TPSA) is 61.3 Å². The van der Waals surface area contributed by atoms with Gasteiger partial charge in [-0.25, -0.2) is 14.8 Å². The van der Waals surface area contributed by atoms with E-state index in [1.807, 2.05) is 0 Å². The fraction of sp³-hybridized carbons (Fsp3) is 0.409. The van der Waals surface area contributed by atoms with E-state index in [0.29, 0.717) is 23.9 Å². The van der Waals surface area contributed by atoms with E-state index in [4.69, 9.17) is 9.47 Å². The molecule has 0 saturated heterocycles. The van der Waals surface area contributed by atoms with E-state index < -0.39 is 5.97 Å². The Morgan fingerprint density at radius 1 is 0.963 bits per heavy atom. The highest BCUT2D eigenvalue weighted by molar-refractivity contribution is 5.83. The van der Waals surface area contributed by atoms with Crippen LogP contribution in [0.1, 0.15) is 51.9 Å². The average molecular weight is 368 g/mol. The summed E-state index contributed by atoms with van der Waals surface area (Å²) in [7, 11) is 0. The first-order valence-corrected chi connectivity index (χ1v) is 9.62. The monoisotopic (exact) mass is 368 g/mol. The van der Waals surface area contributed by atoms with Gasteiger partial charge < -0.3 is 9.47 Å². The Morgan fingerprint density at radius 3 is 2.22 bits per heavy atom. The predicted octanol–water partition coefficient (Wildman–Crippen LogP) is 5.36. The Hall–Kier alpha value is -2.69. The molecule has 5 nitrogen and oxygen atoms in total. The lowest BCUT2D eigenvalue weighted by atomic mass is 10.1. The molecule has 0 saturated carbocycles. The molecule has 0 atom stereocenters. The molecule has 0 aliphatic rings. The molecule has 1 aromatic carbocycles. The van der Waals surface area contributed by atoms with Crippen molar-refractivity contribution in [1.29, 1.82) is 0 Å². The minimum absolute atomic E-state index is 0.457. The number of unbranched alkanes of at least 4 members (excludes halogenated alkanes) is 6. The Kier molecular flexibility index (Phi) is 9.04. The van der Waals surface area contributed by atoms with E-state index in [-0.39, 0.29) is 0 Å². The lowest BCUT2D eigenvalue weighted by Crippen LogP contribution is -2.02. The van der Waals surface area contributed by atoms with Crippen molar-refractivity contribution in [2.24, 2.45) is 0 Å². The second-order valence-corrected chi connectivity index (χ2v) is 6.36. The molecule has 27 heavy (non-hydrogen) atoms. The number of benzene rings is 1. The van der Waals surface area contributed by atoms with Crippen LogP contribution in [0.5, 0.6) is 11.5 Å². The van der Waals surface area contributed by atoms with Crippen molar-refractivity contribution >= 4 is 5.97 Å². The van der Waals surface area contributed by atoms with Gasteiger partial charge in [0, 0.05) is 11.6 Å². The zero-order valence-corrected chi connectivity index (χ0v) is 16.0. The van der Waals surface area contributed by atoms with Crippen molar-refractivity contribution in [3.8, 4) is 22.9 Å². The Balaban J connectivity index is 1.74. The third-order valence-electron chi connectivity index (χ3n) is 4.14. The molecular formula is C22H28N2O3. The number of ether oxygens (including phenoxy) is 2. The smallest absolute Gasteiger partial charge is 0.335 e. The summed E-state index contributed by atoms with van der Waals surface area (Å²) in [6, 6.07) is 7.01. The first-order valence-electron chi connectivity index (χ1n) is 9.62. The molecule has 0 N–H and O–H groups in total. The predicted molar refractivity (Wildman–Crippen MR) is 107 cm³/mol. The number of hydrogen-bond acceptors (Lipinski definition) is 5. The molecule has 1 heterocycles. The maximum Gasteiger partial charge on any atom is 0.335 e. The summed E-state index contributed by atoms with van der Waals surface area (Å²) in [6.07, 6.45) is 13.3. The second kappa shape index (κ2) is 11.8. The van der Waals surface area contributed by atoms with Crippen molar-refractivity contribution in [2.45, 2.75) is 51.9 Å². The van der Waals surface area contributed by atoms with Crippen LogP contribution < -0.4 is 9.47 Å². The van der Waals surface area contributed by atoms with Crippen LogP contribution in [-0.4, -0.2) is 22.5 Å². The second-order valence-electron chi connectivity index (χ2n) is 6.36. The molecule has 0 spiro atoms. The molecule has 0 amide bonds. The van der Waals surface area contributed by atoms with E-state index in [1.165, 1.54) is 38.5 Å². The first kappa shape index (κ1) is 20.6. The number of nitrogens with zero attached hydrogens (tertiary/aromatic N) is 2. The van der Waals surface area contributed by atoms with E-state index in [0.717, 1.165) is 18.1 Å². The zero-order chi connectivity index (χ0) is 19.3. The van der Waals surface area contributed by atoms with E-state index in [2.05, 4.69) is 23.5 Å². The molecule has 0 fully saturated rings. The molecule has 144 valence electrons. The lowest BCUT2D eigenvalue weighted by molar-refractivity contribution is -0.128. The number of esters is 1. The Bertz CT molecular complexity index is 697. The third-order valence-corrected chi connectivity index (χ3v) is 4.14. The number of rotatable bonds is 12. The van der Waals surface area contributed by atoms with Gasteiger partial charge in [0.1, 0.15) is 5.75 Å². The van der Waals surface area contributed by atoms with Crippen LogP contribution in [0.15, 0.2) is 49.3 Å². The van der Waals surface area contributed by atoms with Crippen LogP contribution in [-0.2, 0) is 4.79 Å². The van der Waals surface area contributed by atoms with Crippen molar-refractivity contribution in [3.63, 3.8) is 0 Å². The van der Waals surface area contributed by atoms with Gasteiger partial charge in [0.2, 0.25) is 0 Å². The molecule has 0 bridgehead atoms. The molecule has 5 heteroatoms. The van der Waals surface area contributed by atoms with Crippen LogP contribution in [0, 0.1) is 0 Å². The molecular weight excluding hydrogens is 340 g/mol. The summed E-state index contributed by atoms with van der Waals surface area (Å²) < 4.78 is 10.8. The van der Waals surface area contributed by atoms with Gasteiger partial charge in [0.05, 0.1) is 19.0 Å². The van der Waals surface area contributed by atoms with E-state index in [1.54, 1.807) is 36.7 Å². The van der Waals surface area contributed by atoms with Crippen LogP contribution in [0.2, 0.25) is 0 Å². The normalized spacial score (nSPS) is 10.4. The molecule has 2 rings (SSSR count). The van der Waals surface area contributed by atoms with Gasteiger partial charge in [0.25, 0.3) is 0 Å². The molecule has 0 radical (unpaired) electrons. The third kappa shape index (κ3) is 7.60. The van der Waals surface area contributed by atoms with Crippen molar-refractivity contribution in [1.82, 2.24) is 9.97 Å². The van der Waals surface area contributed by atoms with Crippen molar-refractivity contribution in [3.05, 3.63) is 49.3 Å². The maximum absolute atomic E-state index is 11.2. The molecule has 0 unspecified atom stereocenters. The minimum Gasteiger partial charge on any atom is -0.490 e. The summed E-state index contributed by atoms with van der Waals surface area (Å²) in [5.41, 5.74) is 0.840. The van der Waals surface area contributed by atoms with Crippen LogP contribution in [0.4, 0.5) is 0 Å². The van der Waals surface area contributed by atoms with Gasteiger partial charge in [-0.2, -0.15) is 0 Å². The zero-order valence-electron chi connectivity index (χ0n) is 16.0. The maximum atomic E-state index is 11.2. The SMILES string of the molecule is C=CC(=O)Oc1ccc(-c2ncc(OCCCCCCCCC)cn2)cc1. The minimum atomic E-state index is -0.485. The summed E-state index contributed by atoms with van der Waals surface area (Å²) in [4.78, 5) is 19.9. The van der Waals surface area contributed by atoms with Crippen LogP contribution >= 0.6 is 0 Å². The molecule has 2 aromatic rings. The van der Waals surface area contributed by atoms with Crippen molar-refractivity contribution in [2.75, 3.05) is 6.61 Å². The molecule has 1 aromatic heterocycles. The van der Waals surface area contributed by atoms with Gasteiger partial charge in [-0.05, 0) is 30.7 Å². The fourth-order valence-electron chi connectivity index (χ4n) is 2.62. The summed E-state index contributed by atoms with van der Waals surface area (Å²) >= 11 is 0. The van der Waals surface area contributed by atoms with Gasteiger partial charge in [-0.3, -0.25) is 0 Å². The Morgan fingerprint density at radius 2 is 1.59 bits per heavy atom. The Labute approximate surface area is 161 Å². The number of aromatic nitrogens is 2. The number of carbonyl (C=O) groups is 1. The highest BCUT2D eigenvalue weighted by Crippen LogP contribution is 2.20. The standard InChI is InChI=1S/C22H28N2O3/c1-3-5-6-7-8-9-10-15-26-20-16-23-22(24-17-20)18-11-13-19(14-12-18)27-21(25)4-2/h4,11-14,16-17H,2-3,5-10,15H2,1H3. The van der Waals surface area contributed by atoms with E-state index >= 15 is 0 Å². The van der Waals surface area contributed by atoms with Gasteiger partial charge in [-0.15, -0.1) is 0 Å². The summed E-state index contributed by atoms with van der Waals surface area (Å²) in [5, 5.41) is 0. The van der Waals surface area contributed by atoms with Crippen LogP contribution in [0.25, 0.3) is 11.4 Å². The van der Waals surface area contributed by atoms with Gasteiger partial charge in [0.15, 0.2) is 11.6 Å². The number of hydrogen-bond donors (Lipinski definition) is 0. The fourth-order valence-corrected chi connectivity index (χ4v) is 2.62. The quantitative estimate of drug-likeness (QED) is 0.218. The first-order chi connectivity index (χ1) is 13.2. The lowest BCUT2D eigenvalue weighted by Gasteiger charge is -2.07. The van der Waals surface area contributed by atoms with Crippen molar-refractivity contribution < 1.29 is 14.3 Å². The highest BCUT2D eigenvalue weighted by atomic mass is 16.5. The summed E-state index contributed by atoms with van der Waals surface area (Å²) in [6.45, 7) is 6.30. The van der Waals surface area contributed by atoms with Crippen LogP contribution in [0.3, 0.4) is 0 Å². The average Bonchev–Trinajstić information content (AvgIpc) is 2.71. The largest absolute Gasteiger partial charge is 0.490 e. The molecule has 0 aliphatic heterocycles. The highest BCUT2D eigenvalue weighted by Gasteiger charge is 2.04. The van der Waals surface area contributed by atoms with E-state index in [9.17, 15) is 4.79 Å². The van der Waals surface area contributed by atoms with Gasteiger partial charge in [-0.1, -0.05) is 52.0 Å². The number of carbonyl (C=O) groups excluding carboxylic acids is 1.